The van der Waals surface area contributed by atoms with E-state index in [2.05, 4.69) is 16.9 Å². The third-order valence-electron chi connectivity index (χ3n) is 2.53. The smallest absolute Gasteiger partial charge is 0.254 e. The molecular weight excluding hydrogens is 216 g/mol. The van der Waals surface area contributed by atoms with Crippen LogP contribution < -0.4 is 10.3 Å². The highest BCUT2D eigenvalue weighted by Crippen LogP contribution is 2.11. The van der Waals surface area contributed by atoms with Gasteiger partial charge in [0.15, 0.2) is 0 Å². The highest BCUT2D eigenvalue weighted by atomic mass is 16.5. The maximum Gasteiger partial charge on any atom is 0.254 e. The van der Waals surface area contributed by atoms with Gasteiger partial charge in [-0.2, -0.15) is 4.98 Å². The molecular formula is C13H22N2O2. The lowest BCUT2D eigenvalue weighted by atomic mass is 10.2. The van der Waals surface area contributed by atoms with Gasteiger partial charge in [-0.1, -0.05) is 40.0 Å². The van der Waals surface area contributed by atoms with Crippen LogP contribution in [0, 0.1) is 0 Å². The Balaban J connectivity index is 2.50. The fraction of sp³-hybridized carbons (Fsp3) is 0.692. The molecule has 0 spiro atoms. The van der Waals surface area contributed by atoms with E-state index in [1.807, 2.05) is 13.8 Å². The molecule has 0 aliphatic rings. The molecule has 0 radical (unpaired) electrons. The van der Waals surface area contributed by atoms with E-state index in [4.69, 9.17) is 4.74 Å². The van der Waals surface area contributed by atoms with E-state index in [1.54, 1.807) is 0 Å². The van der Waals surface area contributed by atoms with Gasteiger partial charge >= 0.3 is 0 Å². The molecule has 0 fully saturated rings. The SMILES string of the molecule is CCCCCCOc1cc(=O)[nH]c(C(C)C)n1. The summed E-state index contributed by atoms with van der Waals surface area (Å²) < 4.78 is 5.49. The molecule has 0 aliphatic heterocycles. The Bertz CT molecular complexity index is 385. The molecule has 0 atom stereocenters. The second kappa shape index (κ2) is 7.09. The van der Waals surface area contributed by atoms with Crippen molar-refractivity contribution in [1.82, 2.24) is 9.97 Å². The van der Waals surface area contributed by atoms with Gasteiger partial charge in [0.1, 0.15) is 5.82 Å². The Morgan fingerprint density at radius 3 is 2.76 bits per heavy atom. The van der Waals surface area contributed by atoms with E-state index in [9.17, 15) is 4.79 Å². The minimum atomic E-state index is -0.146. The number of nitrogens with zero attached hydrogens (tertiary/aromatic N) is 1. The predicted octanol–water partition coefficient (Wildman–Crippen LogP) is 2.85. The average molecular weight is 238 g/mol. The molecule has 1 aromatic heterocycles. The normalized spacial score (nSPS) is 10.8. The number of ether oxygens (including phenoxy) is 1. The molecule has 4 nitrogen and oxygen atoms in total. The first-order valence-electron chi connectivity index (χ1n) is 6.37. The van der Waals surface area contributed by atoms with E-state index in [1.165, 1.54) is 18.9 Å². The molecule has 17 heavy (non-hydrogen) atoms. The minimum absolute atomic E-state index is 0.146. The monoisotopic (exact) mass is 238 g/mol. The summed E-state index contributed by atoms with van der Waals surface area (Å²) in [6.07, 6.45) is 4.61. The van der Waals surface area contributed by atoms with E-state index in [0.717, 1.165) is 12.8 Å². The molecule has 0 saturated heterocycles. The van der Waals surface area contributed by atoms with Crippen LogP contribution in [0.25, 0.3) is 0 Å². The highest BCUT2D eigenvalue weighted by molar-refractivity contribution is 5.10. The Hall–Kier alpha value is -1.32. The highest BCUT2D eigenvalue weighted by Gasteiger charge is 2.05. The molecule has 1 N–H and O–H groups in total. The summed E-state index contributed by atoms with van der Waals surface area (Å²) in [5.74, 6) is 1.32. The molecule has 1 rings (SSSR count). The minimum Gasteiger partial charge on any atom is -0.477 e. The summed E-state index contributed by atoms with van der Waals surface area (Å²) in [7, 11) is 0. The standard InChI is InChI=1S/C13H22N2O2/c1-4-5-6-7-8-17-12-9-11(16)14-13(15-12)10(2)3/h9-10H,4-8H2,1-3H3,(H,14,15,16). The van der Waals surface area contributed by atoms with Crippen LogP contribution in [0.4, 0.5) is 0 Å². The van der Waals surface area contributed by atoms with Crippen LogP contribution in [0.3, 0.4) is 0 Å². The van der Waals surface area contributed by atoms with Gasteiger partial charge in [-0.25, -0.2) is 0 Å². The predicted molar refractivity (Wildman–Crippen MR) is 68.6 cm³/mol. The van der Waals surface area contributed by atoms with E-state index in [0.29, 0.717) is 18.3 Å². The fourth-order valence-corrected chi connectivity index (χ4v) is 1.51. The number of aromatic nitrogens is 2. The van der Waals surface area contributed by atoms with E-state index < -0.39 is 0 Å². The maximum absolute atomic E-state index is 11.4. The van der Waals surface area contributed by atoms with Crippen LogP contribution in [0.5, 0.6) is 5.88 Å². The summed E-state index contributed by atoms with van der Waals surface area (Å²) in [6, 6.07) is 1.41. The van der Waals surface area contributed by atoms with Crippen molar-refractivity contribution in [3.05, 3.63) is 22.2 Å². The second-order valence-corrected chi connectivity index (χ2v) is 4.53. The number of H-pyrrole nitrogens is 1. The Morgan fingerprint density at radius 1 is 1.35 bits per heavy atom. The van der Waals surface area contributed by atoms with Crippen molar-refractivity contribution in [3.63, 3.8) is 0 Å². The van der Waals surface area contributed by atoms with Crippen LogP contribution in [-0.2, 0) is 0 Å². The third-order valence-corrected chi connectivity index (χ3v) is 2.53. The van der Waals surface area contributed by atoms with Gasteiger partial charge in [-0.05, 0) is 6.42 Å². The molecule has 96 valence electrons. The molecule has 0 saturated carbocycles. The van der Waals surface area contributed by atoms with Gasteiger partial charge in [-0.15, -0.1) is 0 Å². The van der Waals surface area contributed by atoms with Crippen molar-refractivity contribution in [2.75, 3.05) is 6.61 Å². The number of nitrogens with one attached hydrogen (secondary N) is 1. The maximum atomic E-state index is 11.4. The number of unbranched alkanes of at least 4 members (excludes halogenated alkanes) is 3. The molecule has 0 aromatic carbocycles. The summed E-state index contributed by atoms with van der Waals surface area (Å²) >= 11 is 0. The fourth-order valence-electron chi connectivity index (χ4n) is 1.51. The van der Waals surface area contributed by atoms with Gasteiger partial charge in [0.25, 0.3) is 5.56 Å². The van der Waals surface area contributed by atoms with Crippen LogP contribution in [-0.4, -0.2) is 16.6 Å². The van der Waals surface area contributed by atoms with Crippen molar-refractivity contribution in [2.45, 2.75) is 52.4 Å². The van der Waals surface area contributed by atoms with Crippen molar-refractivity contribution in [1.29, 1.82) is 0 Å². The van der Waals surface area contributed by atoms with Gasteiger partial charge < -0.3 is 9.72 Å². The Kier molecular flexibility index (Phi) is 5.73. The van der Waals surface area contributed by atoms with Crippen molar-refractivity contribution < 1.29 is 4.74 Å². The topological polar surface area (TPSA) is 55.0 Å². The summed E-state index contributed by atoms with van der Waals surface area (Å²) in [6.45, 7) is 6.79. The van der Waals surface area contributed by atoms with E-state index >= 15 is 0 Å². The molecule has 0 bridgehead atoms. The number of rotatable bonds is 7. The van der Waals surface area contributed by atoms with E-state index in [-0.39, 0.29) is 11.5 Å². The average Bonchev–Trinajstić information content (AvgIpc) is 2.28. The molecule has 0 unspecified atom stereocenters. The lowest BCUT2D eigenvalue weighted by Crippen LogP contribution is -2.13. The zero-order chi connectivity index (χ0) is 12.7. The molecule has 0 aliphatic carbocycles. The third kappa shape index (κ3) is 5.02. The Labute approximate surface area is 102 Å². The van der Waals surface area contributed by atoms with Crippen molar-refractivity contribution >= 4 is 0 Å². The second-order valence-electron chi connectivity index (χ2n) is 4.53. The zero-order valence-corrected chi connectivity index (χ0v) is 11.0. The van der Waals surface area contributed by atoms with Crippen LogP contribution >= 0.6 is 0 Å². The molecule has 1 heterocycles. The zero-order valence-electron chi connectivity index (χ0n) is 11.0. The lowest BCUT2D eigenvalue weighted by molar-refractivity contribution is 0.291. The van der Waals surface area contributed by atoms with Crippen LogP contribution in [0.2, 0.25) is 0 Å². The summed E-state index contributed by atoms with van der Waals surface area (Å²) in [5, 5.41) is 0. The largest absolute Gasteiger partial charge is 0.477 e. The quantitative estimate of drug-likeness (QED) is 0.743. The van der Waals surface area contributed by atoms with Gasteiger partial charge in [-0.3, -0.25) is 4.79 Å². The first-order chi connectivity index (χ1) is 8.13. The molecule has 0 amide bonds. The van der Waals surface area contributed by atoms with Crippen LogP contribution in [0.1, 0.15) is 58.2 Å². The van der Waals surface area contributed by atoms with Crippen LogP contribution in [0.15, 0.2) is 10.9 Å². The first-order valence-corrected chi connectivity index (χ1v) is 6.37. The van der Waals surface area contributed by atoms with Gasteiger partial charge in [0.2, 0.25) is 5.88 Å². The van der Waals surface area contributed by atoms with Crippen molar-refractivity contribution in [2.24, 2.45) is 0 Å². The Morgan fingerprint density at radius 2 is 2.12 bits per heavy atom. The number of hydrogen-bond donors (Lipinski definition) is 1. The molecule has 4 heteroatoms. The summed E-state index contributed by atoms with van der Waals surface area (Å²) in [5.41, 5.74) is -0.146. The van der Waals surface area contributed by atoms with Crippen molar-refractivity contribution in [3.8, 4) is 5.88 Å². The first kappa shape index (κ1) is 13.7. The number of aromatic amines is 1. The number of hydrogen-bond acceptors (Lipinski definition) is 3. The lowest BCUT2D eigenvalue weighted by Gasteiger charge is -2.08. The van der Waals surface area contributed by atoms with Gasteiger partial charge in [0, 0.05) is 5.92 Å². The molecule has 1 aromatic rings. The summed E-state index contributed by atoms with van der Waals surface area (Å²) in [4.78, 5) is 18.4. The van der Waals surface area contributed by atoms with Gasteiger partial charge in [0.05, 0.1) is 12.7 Å².